The minimum atomic E-state index is 0.380. The number of nitrogens with zero attached hydrogens (tertiary/aromatic N) is 4. The Hall–Kier alpha value is -1.49. The molecule has 5 nitrogen and oxygen atoms in total. The molecule has 78 valence electrons. The highest BCUT2D eigenvalue weighted by Crippen LogP contribution is 2.22. The summed E-state index contributed by atoms with van der Waals surface area (Å²) in [5.74, 6) is 0.680. The van der Waals surface area contributed by atoms with Crippen LogP contribution in [0.15, 0.2) is 18.6 Å². The molecule has 1 aliphatic heterocycles. The van der Waals surface area contributed by atoms with Gasteiger partial charge in [-0.1, -0.05) is 6.42 Å². The summed E-state index contributed by atoms with van der Waals surface area (Å²) in [6.45, 7) is 1.08. The smallest absolute Gasteiger partial charge is 0.250 e. The lowest BCUT2D eigenvalue weighted by atomic mass is 10.0. The van der Waals surface area contributed by atoms with Crippen LogP contribution in [0.5, 0.6) is 0 Å². The first-order valence-electron chi connectivity index (χ1n) is 5.33. The van der Waals surface area contributed by atoms with E-state index in [1.807, 2.05) is 10.7 Å². The maximum absolute atomic E-state index is 4.27. The van der Waals surface area contributed by atoms with E-state index in [1.165, 1.54) is 12.8 Å². The monoisotopic (exact) mass is 203 g/mol. The van der Waals surface area contributed by atoms with Gasteiger partial charge in [-0.05, 0) is 19.4 Å². The largest absolute Gasteiger partial charge is 0.309 e. The summed E-state index contributed by atoms with van der Waals surface area (Å²) in [5, 5.41) is 7.75. The molecule has 1 unspecified atom stereocenters. The minimum Gasteiger partial charge on any atom is -0.309 e. The quantitative estimate of drug-likeness (QED) is 0.749. The third-order valence-electron chi connectivity index (χ3n) is 2.85. The van der Waals surface area contributed by atoms with E-state index in [0.717, 1.165) is 18.7 Å². The zero-order valence-corrected chi connectivity index (χ0v) is 8.43. The molecule has 0 amide bonds. The number of imidazole rings is 1. The van der Waals surface area contributed by atoms with Gasteiger partial charge in [0.2, 0.25) is 0 Å². The van der Waals surface area contributed by atoms with Gasteiger partial charge in [0.05, 0.1) is 30.3 Å². The van der Waals surface area contributed by atoms with Crippen LogP contribution in [-0.4, -0.2) is 26.1 Å². The molecule has 0 radical (unpaired) electrons. The molecule has 1 N–H and O–H groups in total. The molecule has 3 rings (SSSR count). The molecule has 3 heterocycles. The third-order valence-corrected chi connectivity index (χ3v) is 2.85. The second-order valence-electron chi connectivity index (χ2n) is 3.84. The van der Waals surface area contributed by atoms with Gasteiger partial charge in [0.1, 0.15) is 0 Å². The van der Waals surface area contributed by atoms with Crippen molar-refractivity contribution in [2.75, 3.05) is 6.54 Å². The summed E-state index contributed by atoms with van der Waals surface area (Å²) >= 11 is 0. The average Bonchev–Trinajstić information content (AvgIpc) is 2.74. The fourth-order valence-corrected chi connectivity index (χ4v) is 2.09. The van der Waals surface area contributed by atoms with Crippen molar-refractivity contribution in [2.24, 2.45) is 0 Å². The van der Waals surface area contributed by atoms with Gasteiger partial charge in [-0.15, -0.1) is 0 Å². The lowest BCUT2D eigenvalue weighted by molar-refractivity contribution is 0.400. The standard InChI is InChI=1S/C10H13N5/c1-2-4-11-8(3-1)9-7-13-10-12-5-6-14-15(9)10/h5-8,11H,1-4H2. The lowest BCUT2D eigenvalue weighted by Crippen LogP contribution is -2.28. The van der Waals surface area contributed by atoms with Crippen LogP contribution in [0.3, 0.4) is 0 Å². The summed E-state index contributed by atoms with van der Waals surface area (Å²) in [6.07, 6.45) is 8.92. The Morgan fingerprint density at radius 1 is 1.27 bits per heavy atom. The summed E-state index contributed by atoms with van der Waals surface area (Å²) in [4.78, 5) is 8.40. The number of nitrogens with one attached hydrogen (secondary N) is 1. The van der Waals surface area contributed by atoms with Crippen molar-refractivity contribution in [3.05, 3.63) is 24.3 Å². The minimum absolute atomic E-state index is 0.380. The molecule has 2 aromatic heterocycles. The summed E-state index contributed by atoms with van der Waals surface area (Å²) in [6, 6.07) is 0.380. The van der Waals surface area contributed by atoms with E-state index in [2.05, 4.69) is 20.4 Å². The van der Waals surface area contributed by atoms with Crippen molar-refractivity contribution in [1.29, 1.82) is 0 Å². The van der Waals surface area contributed by atoms with Gasteiger partial charge in [-0.25, -0.2) is 9.97 Å². The second-order valence-corrected chi connectivity index (χ2v) is 3.84. The molecule has 5 heteroatoms. The van der Waals surface area contributed by atoms with E-state index in [9.17, 15) is 0 Å². The number of piperidine rings is 1. The van der Waals surface area contributed by atoms with Gasteiger partial charge < -0.3 is 5.32 Å². The number of aromatic nitrogens is 4. The topological polar surface area (TPSA) is 55.1 Å². The van der Waals surface area contributed by atoms with Gasteiger partial charge in [-0.3, -0.25) is 0 Å². The fraction of sp³-hybridized carbons (Fsp3) is 0.500. The Balaban J connectivity index is 2.02. The molecule has 1 saturated heterocycles. The molecular weight excluding hydrogens is 190 g/mol. The molecule has 2 aromatic rings. The van der Waals surface area contributed by atoms with Gasteiger partial charge in [0.15, 0.2) is 0 Å². The van der Waals surface area contributed by atoms with Gasteiger partial charge >= 0.3 is 0 Å². The highest BCUT2D eigenvalue weighted by Gasteiger charge is 2.18. The van der Waals surface area contributed by atoms with Crippen LogP contribution >= 0.6 is 0 Å². The van der Waals surface area contributed by atoms with Crippen LogP contribution in [0.4, 0.5) is 0 Å². The van der Waals surface area contributed by atoms with E-state index in [-0.39, 0.29) is 0 Å². The molecule has 0 saturated carbocycles. The van der Waals surface area contributed by atoms with Crippen LogP contribution in [-0.2, 0) is 0 Å². The SMILES string of the molecule is c1cnn2c(C3CCCCN3)cnc2n1. The Morgan fingerprint density at radius 3 is 3.13 bits per heavy atom. The Bertz CT molecular complexity index is 458. The van der Waals surface area contributed by atoms with Gasteiger partial charge in [0, 0.05) is 0 Å². The van der Waals surface area contributed by atoms with E-state index < -0.39 is 0 Å². The predicted molar refractivity (Wildman–Crippen MR) is 55.4 cm³/mol. The second kappa shape index (κ2) is 3.58. The Kier molecular flexibility index (Phi) is 2.10. The first-order valence-corrected chi connectivity index (χ1v) is 5.33. The molecule has 0 aromatic carbocycles. The summed E-state index contributed by atoms with van der Waals surface area (Å²) in [5.41, 5.74) is 1.12. The normalized spacial score (nSPS) is 22.0. The van der Waals surface area contributed by atoms with Crippen LogP contribution in [0.1, 0.15) is 31.0 Å². The molecular formula is C10H13N5. The molecule has 0 aliphatic carbocycles. The number of rotatable bonds is 1. The fourth-order valence-electron chi connectivity index (χ4n) is 2.09. The van der Waals surface area contributed by atoms with Crippen LogP contribution in [0.2, 0.25) is 0 Å². The molecule has 15 heavy (non-hydrogen) atoms. The zero-order chi connectivity index (χ0) is 10.1. The van der Waals surface area contributed by atoms with Gasteiger partial charge in [-0.2, -0.15) is 9.61 Å². The van der Waals surface area contributed by atoms with Crippen LogP contribution < -0.4 is 5.32 Å². The van der Waals surface area contributed by atoms with E-state index >= 15 is 0 Å². The molecule has 0 spiro atoms. The summed E-state index contributed by atoms with van der Waals surface area (Å²) < 4.78 is 1.82. The molecule has 0 bridgehead atoms. The predicted octanol–water partition coefficient (Wildman–Crippen LogP) is 0.939. The summed E-state index contributed by atoms with van der Waals surface area (Å²) in [7, 11) is 0. The lowest BCUT2D eigenvalue weighted by Gasteiger charge is -2.22. The molecule has 1 fully saturated rings. The molecule has 1 atom stereocenters. The maximum atomic E-state index is 4.27. The number of hydrogen-bond donors (Lipinski definition) is 1. The van der Waals surface area contributed by atoms with E-state index in [1.54, 1.807) is 12.4 Å². The Labute approximate surface area is 87.5 Å². The van der Waals surface area contributed by atoms with Crippen molar-refractivity contribution in [3.63, 3.8) is 0 Å². The maximum Gasteiger partial charge on any atom is 0.250 e. The number of fused-ring (bicyclic) bond motifs is 1. The van der Waals surface area contributed by atoms with Crippen molar-refractivity contribution < 1.29 is 0 Å². The van der Waals surface area contributed by atoms with Crippen molar-refractivity contribution in [2.45, 2.75) is 25.3 Å². The van der Waals surface area contributed by atoms with E-state index in [0.29, 0.717) is 11.8 Å². The first-order chi connectivity index (χ1) is 7.45. The average molecular weight is 203 g/mol. The van der Waals surface area contributed by atoms with Crippen LogP contribution in [0, 0.1) is 0 Å². The van der Waals surface area contributed by atoms with Crippen molar-refractivity contribution in [1.82, 2.24) is 24.9 Å². The Morgan fingerprint density at radius 2 is 2.27 bits per heavy atom. The van der Waals surface area contributed by atoms with Crippen LogP contribution in [0.25, 0.3) is 5.78 Å². The highest BCUT2D eigenvalue weighted by atomic mass is 15.3. The third kappa shape index (κ3) is 1.48. The van der Waals surface area contributed by atoms with E-state index in [4.69, 9.17) is 0 Å². The molecule has 1 aliphatic rings. The van der Waals surface area contributed by atoms with Crippen molar-refractivity contribution in [3.8, 4) is 0 Å². The van der Waals surface area contributed by atoms with Gasteiger partial charge in [0.25, 0.3) is 5.78 Å². The highest BCUT2D eigenvalue weighted by molar-refractivity contribution is 5.29. The first kappa shape index (κ1) is 8.79. The number of hydrogen-bond acceptors (Lipinski definition) is 4. The zero-order valence-electron chi connectivity index (χ0n) is 8.43. The van der Waals surface area contributed by atoms with Crippen molar-refractivity contribution >= 4 is 5.78 Å².